The van der Waals surface area contributed by atoms with E-state index >= 15 is 0 Å². The van der Waals surface area contributed by atoms with Crippen molar-refractivity contribution < 1.29 is 15.0 Å². The van der Waals surface area contributed by atoms with Gasteiger partial charge in [-0.15, -0.1) is 0 Å². The first-order valence-electron chi connectivity index (χ1n) is 5.60. The van der Waals surface area contributed by atoms with Crippen LogP contribution in [0.1, 0.15) is 12.5 Å². The first kappa shape index (κ1) is 16.5. The van der Waals surface area contributed by atoms with Gasteiger partial charge in [-0.3, -0.25) is 4.99 Å². The molecule has 0 radical (unpaired) electrons. The summed E-state index contributed by atoms with van der Waals surface area (Å²) in [5.74, 6) is -1.70. The van der Waals surface area contributed by atoms with E-state index in [2.05, 4.69) is 20.9 Å². The maximum atomic E-state index is 11.1. The predicted molar refractivity (Wildman–Crippen MR) is 84.3 cm³/mol. The number of carboxylic acids is 1. The van der Waals surface area contributed by atoms with Crippen molar-refractivity contribution in [3.63, 3.8) is 0 Å². The second-order valence-corrected chi connectivity index (χ2v) is 5.20. The Bertz CT molecular complexity index is 603. The summed E-state index contributed by atoms with van der Waals surface area (Å²) in [5, 5.41) is 19.2. The minimum Gasteiger partial charge on any atom is -0.507 e. The Hall–Kier alpha value is -1.59. The molecule has 0 heterocycles. The molecule has 1 aromatic rings. The highest BCUT2D eigenvalue weighted by Gasteiger charge is 2.16. The second kappa shape index (κ2) is 7.26. The van der Waals surface area contributed by atoms with Crippen LogP contribution in [0.5, 0.6) is 0 Å². The van der Waals surface area contributed by atoms with Crippen molar-refractivity contribution in [3.8, 4) is 0 Å². The van der Waals surface area contributed by atoms with E-state index in [9.17, 15) is 9.90 Å². The molecule has 0 saturated carbocycles. The van der Waals surface area contributed by atoms with Gasteiger partial charge < -0.3 is 10.2 Å². The molecule has 0 atom stereocenters. The maximum absolute atomic E-state index is 11.1. The number of aliphatic hydroxyl groups excluding tert-OH is 1. The molecule has 1 aromatic carbocycles. The van der Waals surface area contributed by atoms with Crippen LogP contribution in [0.4, 0.5) is 0 Å². The molecule has 4 nitrogen and oxygen atoms in total. The van der Waals surface area contributed by atoms with Gasteiger partial charge >= 0.3 is 5.97 Å². The molecule has 0 bridgehead atoms. The number of carboxylic acid groups (broad SMARTS) is 1. The largest absolute Gasteiger partial charge is 0.507 e. The molecule has 0 aliphatic carbocycles. The molecule has 0 fully saturated rings. The van der Waals surface area contributed by atoms with Gasteiger partial charge in [0, 0.05) is 23.3 Å². The molecule has 0 aliphatic rings. The van der Waals surface area contributed by atoms with Crippen LogP contribution in [0.3, 0.4) is 0 Å². The molecule has 0 aromatic heterocycles. The minimum atomic E-state index is -1.26. The third-order valence-corrected chi connectivity index (χ3v) is 3.41. The highest BCUT2D eigenvalue weighted by Crippen LogP contribution is 2.23. The Kier molecular flexibility index (Phi) is 5.98. The fourth-order valence-electron chi connectivity index (χ4n) is 1.45. The van der Waals surface area contributed by atoms with Crippen molar-refractivity contribution in [2.75, 3.05) is 7.05 Å². The standard InChI is InChI=1S/C14H13BrClNO3/c1-8(17-2)13(14(19)20)12(18)7-11(16)9-3-5-10(15)6-4-9/h3-7,18H,1-2H3,(H,19,20). The van der Waals surface area contributed by atoms with Crippen LogP contribution < -0.4 is 0 Å². The van der Waals surface area contributed by atoms with Crippen molar-refractivity contribution in [2.45, 2.75) is 6.92 Å². The number of hydrogen-bond donors (Lipinski definition) is 2. The number of aliphatic hydroxyl groups is 1. The first-order valence-corrected chi connectivity index (χ1v) is 6.77. The van der Waals surface area contributed by atoms with Crippen molar-refractivity contribution in [2.24, 2.45) is 4.99 Å². The van der Waals surface area contributed by atoms with Crippen LogP contribution in [-0.4, -0.2) is 28.9 Å². The molecule has 2 N–H and O–H groups in total. The molecule has 0 amide bonds. The van der Waals surface area contributed by atoms with Gasteiger partial charge in [0.15, 0.2) is 0 Å². The molecule has 6 heteroatoms. The number of benzene rings is 1. The fraction of sp³-hybridized carbons (Fsp3) is 0.143. The highest BCUT2D eigenvalue weighted by atomic mass is 79.9. The highest BCUT2D eigenvalue weighted by molar-refractivity contribution is 9.10. The number of nitrogens with zero attached hydrogens (tertiary/aromatic N) is 1. The van der Waals surface area contributed by atoms with Crippen molar-refractivity contribution in [3.05, 3.63) is 51.7 Å². The Morgan fingerprint density at radius 2 is 1.85 bits per heavy atom. The zero-order chi connectivity index (χ0) is 15.3. The topological polar surface area (TPSA) is 69.9 Å². The lowest BCUT2D eigenvalue weighted by molar-refractivity contribution is -0.132. The Labute approximate surface area is 130 Å². The number of rotatable bonds is 4. The van der Waals surface area contributed by atoms with Gasteiger partial charge in [0.2, 0.25) is 0 Å². The van der Waals surface area contributed by atoms with Crippen molar-refractivity contribution in [1.82, 2.24) is 0 Å². The maximum Gasteiger partial charge on any atom is 0.341 e. The SMILES string of the molecule is CN=C(C)C(C(=O)O)=C(O)C=C(Cl)c1ccc(Br)cc1. The smallest absolute Gasteiger partial charge is 0.341 e. The number of aliphatic imine (C=N–C) groups is 1. The summed E-state index contributed by atoms with van der Waals surface area (Å²) >= 11 is 9.37. The van der Waals surface area contributed by atoms with Crippen LogP contribution in [0.15, 0.2) is 51.1 Å². The number of allylic oxidation sites excluding steroid dienone is 1. The van der Waals surface area contributed by atoms with E-state index in [0.29, 0.717) is 5.56 Å². The van der Waals surface area contributed by atoms with E-state index in [1.165, 1.54) is 20.0 Å². The molecule has 106 valence electrons. The molecular weight excluding hydrogens is 346 g/mol. The quantitative estimate of drug-likeness (QED) is 0.370. The molecule has 0 saturated heterocycles. The Morgan fingerprint density at radius 3 is 2.30 bits per heavy atom. The molecular formula is C14H13BrClNO3. The third-order valence-electron chi connectivity index (χ3n) is 2.55. The fourth-order valence-corrected chi connectivity index (χ4v) is 1.94. The average Bonchev–Trinajstić information content (AvgIpc) is 2.38. The predicted octanol–water partition coefficient (Wildman–Crippen LogP) is 4.02. The van der Waals surface area contributed by atoms with E-state index in [-0.39, 0.29) is 16.3 Å². The summed E-state index contributed by atoms with van der Waals surface area (Å²) in [6, 6.07) is 7.08. The van der Waals surface area contributed by atoms with E-state index < -0.39 is 11.7 Å². The summed E-state index contributed by atoms with van der Waals surface area (Å²) in [4.78, 5) is 14.9. The number of halogens is 2. The number of hydrogen-bond acceptors (Lipinski definition) is 3. The second-order valence-electron chi connectivity index (χ2n) is 3.87. The van der Waals surface area contributed by atoms with Crippen LogP contribution in [0, 0.1) is 0 Å². The molecule has 0 aliphatic heterocycles. The third kappa shape index (κ3) is 4.21. The molecule has 0 spiro atoms. The van der Waals surface area contributed by atoms with Crippen LogP contribution in [0.2, 0.25) is 0 Å². The van der Waals surface area contributed by atoms with Crippen LogP contribution in [0.25, 0.3) is 5.03 Å². The van der Waals surface area contributed by atoms with E-state index in [1.807, 2.05) is 0 Å². The summed E-state index contributed by atoms with van der Waals surface area (Å²) in [5.41, 5.74) is 0.603. The lowest BCUT2D eigenvalue weighted by Gasteiger charge is -2.04. The minimum absolute atomic E-state index is 0.214. The van der Waals surface area contributed by atoms with Gasteiger partial charge in [0.1, 0.15) is 11.3 Å². The summed E-state index contributed by atoms with van der Waals surface area (Å²) in [7, 11) is 1.45. The average molecular weight is 359 g/mol. The van der Waals surface area contributed by atoms with Crippen LogP contribution >= 0.6 is 27.5 Å². The van der Waals surface area contributed by atoms with Crippen LogP contribution in [-0.2, 0) is 4.79 Å². The van der Waals surface area contributed by atoms with Gasteiger partial charge in [0.05, 0.1) is 5.03 Å². The monoisotopic (exact) mass is 357 g/mol. The zero-order valence-corrected chi connectivity index (χ0v) is 13.2. The van der Waals surface area contributed by atoms with E-state index in [1.54, 1.807) is 24.3 Å². The van der Waals surface area contributed by atoms with Crippen molar-refractivity contribution >= 4 is 44.2 Å². The molecule has 0 unspecified atom stereocenters. The first-order chi connectivity index (χ1) is 9.36. The van der Waals surface area contributed by atoms with Gasteiger partial charge in [-0.2, -0.15) is 0 Å². The van der Waals surface area contributed by atoms with Gasteiger partial charge in [-0.25, -0.2) is 4.79 Å². The number of aliphatic carboxylic acids is 1. The Morgan fingerprint density at radius 1 is 1.30 bits per heavy atom. The van der Waals surface area contributed by atoms with Gasteiger partial charge in [-0.05, 0) is 24.6 Å². The van der Waals surface area contributed by atoms with Gasteiger partial charge in [-0.1, -0.05) is 39.7 Å². The zero-order valence-electron chi connectivity index (χ0n) is 10.9. The van der Waals surface area contributed by atoms with Gasteiger partial charge in [0.25, 0.3) is 0 Å². The summed E-state index contributed by atoms with van der Waals surface area (Å²) in [6.07, 6.45) is 1.20. The lowest BCUT2D eigenvalue weighted by Crippen LogP contribution is -2.12. The van der Waals surface area contributed by atoms with E-state index in [4.69, 9.17) is 16.7 Å². The van der Waals surface area contributed by atoms with E-state index in [0.717, 1.165) is 4.47 Å². The summed E-state index contributed by atoms with van der Waals surface area (Å²) in [6.45, 7) is 1.50. The molecule has 20 heavy (non-hydrogen) atoms. The molecule has 1 rings (SSSR count). The van der Waals surface area contributed by atoms with Crippen molar-refractivity contribution in [1.29, 1.82) is 0 Å². The normalized spacial score (nSPS) is 14.0. The lowest BCUT2D eigenvalue weighted by atomic mass is 10.1. The Balaban J connectivity index is 3.25. The number of carbonyl (C=O) groups is 1. The summed E-state index contributed by atoms with van der Waals surface area (Å²) < 4.78 is 0.894.